The first-order chi connectivity index (χ1) is 13.7. The lowest BCUT2D eigenvalue weighted by atomic mass is 9.92. The van der Waals surface area contributed by atoms with Crippen molar-refractivity contribution >= 4 is 5.91 Å². The molecule has 1 aliphatic carbocycles. The maximum atomic E-state index is 12.5. The fraction of sp³-hybridized carbons (Fsp3) is 0.273. The van der Waals surface area contributed by atoms with Crippen molar-refractivity contribution in [2.75, 3.05) is 7.11 Å². The second kappa shape index (κ2) is 8.17. The number of ether oxygens (including phenoxy) is 1. The van der Waals surface area contributed by atoms with Crippen LogP contribution in [0.4, 0.5) is 0 Å². The molecule has 0 fully saturated rings. The van der Waals surface area contributed by atoms with Crippen molar-refractivity contribution < 1.29 is 9.53 Å². The Morgan fingerprint density at radius 3 is 2.71 bits per heavy atom. The Morgan fingerprint density at radius 2 is 1.96 bits per heavy atom. The molecule has 1 aromatic carbocycles. The third-order valence-electron chi connectivity index (χ3n) is 4.98. The number of carbonyl (C=O) groups excluding carboxylic acids is 1. The molecule has 0 saturated heterocycles. The van der Waals surface area contributed by atoms with Gasteiger partial charge >= 0.3 is 0 Å². The number of methoxy groups -OCH3 is 1. The number of pyridine rings is 1. The van der Waals surface area contributed by atoms with Gasteiger partial charge in [-0.3, -0.25) is 9.78 Å². The van der Waals surface area contributed by atoms with E-state index in [1.165, 1.54) is 0 Å². The van der Waals surface area contributed by atoms with Crippen molar-refractivity contribution in [3.63, 3.8) is 0 Å². The van der Waals surface area contributed by atoms with Crippen LogP contribution < -0.4 is 10.1 Å². The molecule has 142 valence electrons. The summed E-state index contributed by atoms with van der Waals surface area (Å²) in [5, 5.41) is 3.15. The van der Waals surface area contributed by atoms with Crippen LogP contribution in [0.1, 0.15) is 35.7 Å². The topological polar surface area (TPSA) is 77.0 Å². The van der Waals surface area contributed by atoms with Gasteiger partial charge in [0.25, 0.3) is 0 Å². The third kappa shape index (κ3) is 4.01. The first kappa shape index (κ1) is 18.1. The van der Waals surface area contributed by atoms with E-state index in [0.29, 0.717) is 12.2 Å². The van der Waals surface area contributed by atoms with Crippen LogP contribution in [-0.4, -0.2) is 28.0 Å². The lowest BCUT2D eigenvalue weighted by Crippen LogP contribution is -2.32. The molecule has 6 heteroatoms. The van der Waals surface area contributed by atoms with E-state index in [4.69, 9.17) is 9.72 Å². The van der Waals surface area contributed by atoms with E-state index in [0.717, 1.165) is 47.4 Å². The highest BCUT2D eigenvalue weighted by Gasteiger charge is 2.24. The number of rotatable bonds is 5. The van der Waals surface area contributed by atoms with Crippen molar-refractivity contribution in [1.29, 1.82) is 0 Å². The van der Waals surface area contributed by atoms with Crippen molar-refractivity contribution in [2.24, 2.45) is 0 Å². The molecule has 2 aromatic heterocycles. The number of nitrogens with zero attached hydrogens (tertiary/aromatic N) is 3. The Morgan fingerprint density at radius 1 is 1.18 bits per heavy atom. The molecule has 1 N–H and O–H groups in total. The van der Waals surface area contributed by atoms with Crippen molar-refractivity contribution in [1.82, 2.24) is 20.3 Å². The van der Waals surface area contributed by atoms with Gasteiger partial charge in [-0.25, -0.2) is 9.97 Å². The van der Waals surface area contributed by atoms with E-state index in [1.807, 2.05) is 42.6 Å². The van der Waals surface area contributed by atoms with Crippen LogP contribution in [0.15, 0.2) is 55.0 Å². The number of benzene rings is 1. The van der Waals surface area contributed by atoms with Crippen LogP contribution in [0.3, 0.4) is 0 Å². The smallest absolute Gasteiger partial charge is 0.224 e. The quantitative estimate of drug-likeness (QED) is 0.742. The minimum atomic E-state index is -0.0408. The predicted molar refractivity (Wildman–Crippen MR) is 106 cm³/mol. The fourth-order valence-electron chi connectivity index (χ4n) is 3.51. The van der Waals surface area contributed by atoms with Crippen LogP contribution in [0.2, 0.25) is 0 Å². The summed E-state index contributed by atoms with van der Waals surface area (Å²) in [5.74, 6) is 1.49. The number of carbonyl (C=O) groups is 1. The number of aromatic nitrogens is 3. The highest BCUT2D eigenvalue weighted by molar-refractivity contribution is 5.79. The summed E-state index contributed by atoms with van der Waals surface area (Å²) in [7, 11) is 1.63. The van der Waals surface area contributed by atoms with Gasteiger partial charge in [0, 0.05) is 35.4 Å². The van der Waals surface area contributed by atoms with Crippen molar-refractivity contribution in [2.45, 2.75) is 31.7 Å². The van der Waals surface area contributed by atoms with Gasteiger partial charge in [0.05, 0.1) is 19.6 Å². The van der Waals surface area contributed by atoms with Gasteiger partial charge in [-0.15, -0.1) is 0 Å². The maximum Gasteiger partial charge on any atom is 0.224 e. The van der Waals surface area contributed by atoms with Crippen LogP contribution >= 0.6 is 0 Å². The molecule has 1 atom stereocenters. The Bertz CT molecular complexity index is 958. The van der Waals surface area contributed by atoms with Gasteiger partial charge in [-0.1, -0.05) is 12.1 Å². The van der Waals surface area contributed by atoms with E-state index >= 15 is 0 Å². The average Bonchev–Trinajstić information content (AvgIpc) is 2.75. The molecular weight excluding hydrogens is 352 g/mol. The van der Waals surface area contributed by atoms with Crippen LogP contribution in [-0.2, 0) is 17.6 Å². The zero-order valence-corrected chi connectivity index (χ0v) is 15.8. The Hall–Kier alpha value is -3.28. The van der Waals surface area contributed by atoms with Crippen molar-refractivity contribution in [3.05, 3.63) is 71.8 Å². The molecule has 0 aliphatic heterocycles. The predicted octanol–water partition coefficient (Wildman–Crippen LogP) is 3.28. The molecule has 3 aromatic rings. The molecule has 1 amide bonds. The standard InChI is InChI=1S/C22H22N4O2/c1-28-17-7-5-15(6-8-17)13-21(27)25-19-3-2-4-20-18(19)14-24-22(26-20)16-9-11-23-12-10-16/h5-12,14,19H,2-4,13H2,1H3,(H,25,27). The summed E-state index contributed by atoms with van der Waals surface area (Å²) < 4.78 is 5.16. The summed E-state index contributed by atoms with van der Waals surface area (Å²) in [6.07, 6.45) is 8.47. The minimum Gasteiger partial charge on any atom is -0.497 e. The molecule has 1 aliphatic rings. The number of hydrogen-bond donors (Lipinski definition) is 1. The summed E-state index contributed by atoms with van der Waals surface area (Å²) in [6, 6.07) is 11.3. The van der Waals surface area contributed by atoms with Crippen LogP contribution in [0.25, 0.3) is 11.4 Å². The second-order valence-electron chi connectivity index (χ2n) is 6.87. The molecule has 2 heterocycles. The zero-order chi connectivity index (χ0) is 19.3. The van der Waals surface area contributed by atoms with E-state index in [1.54, 1.807) is 19.5 Å². The van der Waals surface area contributed by atoms with Crippen molar-refractivity contribution in [3.8, 4) is 17.1 Å². The zero-order valence-electron chi connectivity index (χ0n) is 15.8. The maximum absolute atomic E-state index is 12.5. The first-order valence-electron chi connectivity index (χ1n) is 9.41. The summed E-state index contributed by atoms with van der Waals surface area (Å²) >= 11 is 0. The number of fused-ring (bicyclic) bond motifs is 1. The molecule has 0 radical (unpaired) electrons. The largest absolute Gasteiger partial charge is 0.497 e. The first-order valence-corrected chi connectivity index (χ1v) is 9.41. The molecule has 4 rings (SSSR count). The molecule has 0 spiro atoms. The molecular formula is C22H22N4O2. The monoisotopic (exact) mass is 374 g/mol. The van der Waals surface area contributed by atoms with Gasteiger partial charge < -0.3 is 10.1 Å². The van der Waals surface area contributed by atoms with Crippen LogP contribution in [0, 0.1) is 0 Å². The molecule has 0 saturated carbocycles. The molecule has 0 bridgehead atoms. The van der Waals surface area contributed by atoms with E-state index < -0.39 is 0 Å². The van der Waals surface area contributed by atoms with Gasteiger partial charge in [0.2, 0.25) is 5.91 Å². The summed E-state index contributed by atoms with van der Waals surface area (Å²) in [5.41, 5.74) is 3.94. The number of nitrogens with one attached hydrogen (secondary N) is 1. The SMILES string of the molecule is COc1ccc(CC(=O)NC2CCCc3nc(-c4ccncc4)ncc32)cc1. The minimum absolute atomic E-state index is 0.00114. The van der Waals surface area contributed by atoms with E-state index in [2.05, 4.69) is 15.3 Å². The molecule has 1 unspecified atom stereocenters. The summed E-state index contributed by atoms with van der Waals surface area (Å²) in [4.78, 5) is 25.8. The third-order valence-corrected chi connectivity index (χ3v) is 4.98. The van der Waals surface area contributed by atoms with Gasteiger partial charge in [0.1, 0.15) is 5.75 Å². The Balaban J connectivity index is 1.47. The highest BCUT2D eigenvalue weighted by atomic mass is 16.5. The van der Waals surface area contributed by atoms with Gasteiger partial charge in [0.15, 0.2) is 5.82 Å². The normalized spacial score (nSPS) is 15.5. The highest BCUT2D eigenvalue weighted by Crippen LogP contribution is 2.29. The molecule has 28 heavy (non-hydrogen) atoms. The average molecular weight is 374 g/mol. The van der Waals surface area contributed by atoms with Gasteiger partial charge in [-0.05, 0) is 49.1 Å². The fourth-order valence-corrected chi connectivity index (χ4v) is 3.51. The number of hydrogen-bond acceptors (Lipinski definition) is 5. The Kier molecular flexibility index (Phi) is 5.28. The second-order valence-corrected chi connectivity index (χ2v) is 6.87. The molecule has 6 nitrogen and oxygen atoms in total. The summed E-state index contributed by atoms with van der Waals surface area (Å²) in [6.45, 7) is 0. The lowest BCUT2D eigenvalue weighted by Gasteiger charge is -2.25. The van der Waals surface area contributed by atoms with E-state index in [-0.39, 0.29) is 11.9 Å². The number of aryl methyl sites for hydroxylation is 1. The lowest BCUT2D eigenvalue weighted by molar-refractivity contribution is -0.121. The van der Waals surface area contributed by atoms with Crippen LogP contribution in [0.5, 0.6) is 5.75 Å². The number of amides is 1. The Labute approximate surface area is 164 Å². The van der Waals surface area contributed by atoms with E-state index in [9.17, 15) is 4.79 Å². The van der Waals surface area contributed by atoms with Gasteiger partial charge in [-0.2, -0.15) is 0 Å².